The van der Waals surface area contributed by atoms with Gasteiger partial charge in [-0.15, -0.1) is 0 Å². The zero-order chi connectivity index (χ0) is 22.8. The third kappa shape index (κ3) is 4.49. The number of nitrogens with one attached hydrogen (secondary N) is 2. The monoisotopic (exact) mass is 447 g/mol. The molecule has 33 heavy (non-hydrogen) atoms. The van der Waals surface area contributed by atoms with Crippen LogP contribution in [-0.2, 0) is 0 Å². The number of nitrogens with zero attached hydrogens (tertiary/aromatic N) is 1. The highest BCUT2D eigenvalue weighted by Crippen LogP contribution is 2.37. The summed E-state index contributed by atoms with van der Waals surface area (Å²) in [4.78, 5) is 6.41. The molecule has 2 aliphatic heterocycles. The van der Waals surface area contributed by atoms with Gasteiger partial charge in [0.15, 0.2) is 11.5 Å². The molecule has 2 N–H and O–H groups in total. The van der Waals surface area contributed by atoms with Crippen LogP contribution in [-0.4, -0.2) is 56.3 Å². The number of methoxy groups -OCH3 is 2. The third-order valence-electron chi connectivity index (χ3n) is 7.82. The van der Waals surface area contributed by atoms with Crippen LogP contribution in [0.4, 0.5) is 0 Å². The van der Waals surface area contributed by atoms with E-state index in [2.05, 4.69) is 52.5 Å². The van der Waals surface area contributed by atoms with Crippen LogP contribution in [0.1, 0.15) is 49.1 Å². The minimum absolute atomic E-state index is 0.661. The quantitative estimate of drug-likeness (QED) is 0.544. The van der Waals surface area contributed by atoms with E-state index < -0.39 is 0 Å². The lowest BCUT2D eigenvalue weighted by molar-refractivity contribution is 0.141. The van der Waals surface area contributed by atoms with Crippen molar-refractivity contribution in [1.82, 2.24) is 15.2 Å². The largest absolute Gasteiger partial charge is 0.493 e. The molecule has 176 valence electrons. The van der Waals surface area contributed by atoms with Crippen molar-refractivity contribution in [1.29, 1.82) is 0 Å². The Morgan fingerprint density at radius 1 is 0.879 bits per heavy atom. The van der Waals surface area contributed by atoms with Crippen molar-refractivity contribution in [3.63, 3.8) is 0 Å². The van der Waals surface area contributed by atoms with Crippen LogP contribution >= 0.6 is 0 Å². The predicted molar refractivity (Wildman–Crippen MR) is 136 cm³/mol. The Morgan fingerprint density at radius 2 is 1.70 bits per heavy atom. The molecule has 0 aliphatic carbocycles. The van der Waals surface area contributed by atoms with Crippen molar-refractivity contribution in [3.05, 3.63) is 47.5 Å². The Balaban J connectivity index is 1.35. The van der Waals surface area contributed by atoms with E-state index in [4.69, 9.17) is 9.47 Å². The van der Waals surface area contributed by atoms with Gasteiger partial charge in [-0.1, -0.05) is 6.07 Å². The number of benzene rings is 2. The van der Waals surface area contributed by atoms with Crippen molar-refractivity contribution >= 4 is 10.9 Å². The molecule has 0 radical (unpaired) electrons. The second-order valence-corrected chi connectivity index (χ2v) is 9.64. The number of rotatable bonds is 5. The van der Waals surface area contributed by atoms with E-state index >= 15 is 0 Å². The summed E-state index contributed by atoms with van der Waals surface area (Å²) in [5, 5.41) is 4.88. The average Bonchev–Trinajstić information content (AvgIpc) is 3.03. The van der Waals surface area contributed by atoms with Crippen LogP contribution < -0.4 is 14.8 Å². The molecule has 2 aromatic carbocycles. The number of aromatic nitrogens is 1. The summed E-state index contributed by atoms with van der Waals surface area (Å²) in [7, 11) is 3.36. The molecular weight excluding hydrogens is 410 g/mol. The number of fused-ring (bicyclic) bond motifs is 1. The van der Waals surface area contributed by atoms with Crippen molar-refractivity contribution < 1.29 is 9.47 Å². The topological polar surface area (TPSA) is 49.5 Å². The molecule has 0 spiro atoms. The average molecular weight is 448 g/mol. The Bertz CT molecular complexity index is 1090. The molecule has 3 heterocycles. The molecule has 0 bridgehead atoms. The summed E-state index contributed by atoms with van der Waals surface area (Å²) in [6.45, 7) is 7.05. The van der Waals surface area contributed by atoms with E-state index in [0.29, 0.717) is 5.92 Å². The Labute approximate surface area is 197 Å². The molecule has 2 aliphatic rings. The van der Waals surface area contributed by atoms with Crippen LogP contribution in [0.15, 0.2) is 36.4 Å². The molecule has 3 aromatic rings. The van der Waals surface area contributed by atoms with Gasteiger partial charge in [0.05, 0.1) is 14.2 Å². The normalized spacial score (nSPS) is 20.6. The second-order valence-electron chi connectivity index (χ2n) is 9.64. The smallest absolute Gasteiger partial charge is 0.161 e. The molecule has 1 unspecified atom stereocenters. The maximum Gasteiger partial charge on any atom is 0.161 e. The maximum absolute atomic E-state index is 5.52. The minimum Gasteiger partial charge on any atom is -0.493 e. The van der Waals surface area contributed by atoms with E-state index in [-0.39, 0.29) is 0 Å². The van der Waals surface area contributed by atoms with Gasteiger partial charge < -0.3 is 24.7 Å². The fourth-order valence-electron chi connectivity index (χ4n) is 5.84. The van der Waals surface area contributed by atoms with E-state index in [9.17, 15) is 0 Å². The first-order chi connectivity index (χ1) is 16.2. The van der Waals surface area contributed by atoms with Crippen molar-refractivity contribution in [2.45, 2.75) is 51.0 Å². The maximum atomic E-state index is 5.52. The SMILES string of the molecule is COc1ccc(-c2[nH]c3ccc(C4CCN(C5CCCNCC5)CC4)cc3c2C)cc1OC. The first-order valence-corrected chi connectivity index (χ1v) is 12.5. The number of aryl methyl sites for hydroxylation is 1. The Kier molecular flexibility index (Phi) is 6.61. The van der Waals surface area contributed by atoms with Gasteiger partial charge in [0.2, 0.25) is 0 Å². The fraction of sp³-hybridized carbons (Fsp3) is 0.500. The molecule has 2 fully saturated rings. The lowest BCUT2D eigenvalue weighted by atomic mass is 9.87. The van der Waals surface area contributed by atoms with Crippen LogP contribution in [0, 0.1) is 6.92 Å². The zero-order valence-electron chi connectivity index (χ0n) is 20.2. The van der Waals surface area contributed by atoms with Crippen LogP contribution in [0.2, 0.25) is 0 Å². The highest BCUT2D eigenvalue weighted by Gasteiger charge is 2.26. The Hall–Kier alpha value is -2.50. The Morgan fingerprint density at radius 3 is 2.48 bits per heavy atom. The van der Waals surface area contributed by atoms with Gasteiger partial charge in [-0.25, -0.2) is 0 Å². The van der Waals surface area contributed by atoms with E-state index in [1.54, 1.807) is 14.2 Å². The summed E-state index contributed by atoms with van der Waals surface area (Å²) in [5.74, 6) is 2.17. The summed E-state index contributed by atoms with van der Waals surface area (Å²) >= 11 is 0. The van der Waals surface area contributed by atoms with Crippen molar-refractivity contribution in [2.75, 3.05) is 40.4 Å². The molecule has 1 atom stereocenters. The number of hydrogen-bond donors (Lipinski definition) is 2. The third-order valence-corrected chi connectivity index (χ3v) is 7.82. The lowest BCUT2D eigenvalue weighted by Gasteiger charge is -2.37. The van der Waals surface area contributed by atoms with Gasteiger partial charge >= 0.3 is 0 Å². The van der Waals surface area contributed by atoms with Gasteiger partial charge in [-0.05, 0) is 113 Å². The molecule has 5 rings (SSSR count). The van der Waals surface area contributed by atoms with Gasteiger partial charge in [0.25, 0.3) is 0 Å². The number of piperidine rings is 1. The second kappa shape index (κ2) is 9.78. The van der Waals surface area contributed by atoms with Gasteiger partial charge in [-0.3, -0.25) is 0 Å². The van der Waals surface area contributed by atoms with Crippen molar-refractivity contribution in [3.8, 4) is 22.8 Å². The number of ether oxygens (including phenoxy) is 2. The number of aromatic amines is 1. The molecule has 0 saturated carbocycles. The van der Waals surface area contributed by atoms with E-state index in [1.165, 1.54) is 80.3 Å². The molecule has 5 heteroatoms. The summed E-state index contributed by atoms with van der Waals surface area (Å²) in [6, 6.07) is 13.9. The molecule has 2 saturated heterocycles. The van der Waals surface area contributed by atoms with Gasteiger partial charge in [-0.2, -0.15) is 0 Å². The predicted octanol–water partition coefficient (Wildman–Crippen LogP) is 5.48. The van der Waals surface area contributed by atoms with Gasteiger partial charge in [0.1, 0.15) is 0 Å². The first kappa shape index (κ1) is 22.3. The lowest BCUT2D eigenvalue weighted by Crippen LogP contribution is -2.41. The van der Waals surface area contributed by atoms with Crippen molar-refractivity contribution in [2.24, 2.45) is 0 Å². The molecular formula is C28H37N3O2. The van der Waals surface area contributed by atoms with E-state index in [0.717, 1.165) is 28.8 Å². The van der Waals surface area contributed by atoms with Gasteiger partial charge in [0, 0.05) is 28.2 Å². The molecule has 0 amide bonds. The minimum atomic E-state index is 0.661. The van der Waals surface area contributed by atoms with E-state index in [1.807, 2.05) is 6.07 Å². The molecule has 1 aromatic heterocycles. The molecule has 5 nitrogen and oxygen atoms in total. The number of H-pyrrole nitrogens is 1. The number of hydrogen-bond acceptors (Lipinski definition) is 4. The fourth-order valence-corrected chi connectivity index (χ4v) is 5.84. The number of likely N-dealkylation sites (tertiary alicyclic amines) is 1. The summed E-state index contributed by atoms with van der Waals surface area (Å²) in [5.41, 5.74) is 6.26. The summed E-state index contributed by atoms with van der Waals surface area (Å²) in [6.07, 6.45) is 6.50. The highest BCUT2D eigenvalue weighted by molar-refractivity contribution is 5.91. The summed E-state index contributed by atoms with van der Waals surface area (Å²) < 4.78 is 10.9. The zero-order valence-corrected chi connectivity index (χ0v) is 20.2. The van der Waals surface area contributed by atoms with Crippen LogP contribution in [0.3, 0.4) is 0 Å². The highest BCUT2D eigenvalue weighted by atomic mass is 16.5. The van der Waals surface area contributed by atoms with Crippen LogP contribution in [0.5, 0.6) is 11.5 Å². The standard InChI is InChI=1S/C28H37N3O2/c1-19-24-17-21(20-11-15-31(16-12-20)23-5-4-13-29-14-10-23)6-8-25(24)30-28(19)22-7-9-26(32-2)27(18-22)33-3/h6-9,17-18,20,23,29-30H,4-5,10-16H2,1-3H3. The first-order valence-electron chi connectivity index (χ1n) is 12.5. The van der Waals surface area contributed by atoms with Crippen LogP contribution in [0.25, 0.3) is 22.2 Å².